The lowest BCUT2D eigenvalue weighted by molar-refractivity contribution is -0.141. The summed E-state index contributed by atoms with van der Waals surface area (Å²) in [7, 11) is 0. The van der Waals surface area contributed by atoms with Gasteiger partial charge in [0.2, 0.25) is 5.95 Å². The molecule has 0 spiro atoms. The molecule has 31 heavy (non-hydrogen) atoms. The fraction of sp³-hybridized carbons (Fsp3) is 0.200. The van der Waals surface area contributed by atoms with Crippen molar-refractivity contribution < 1.29 is 13.2 Å². The molecule has 1 aromatic carbocycles. The van der Waals surface area contributed by atoms with E-state index in [9.17, 15) is 13.2 Å². The van der Waals surface area contributed by atoms with Crippen molar-refractivity contribution in [3.63, 3.8) is 0 Å². The van der Waals surface area contributed by atoms with E-state index in [-0.39, 0.29) is 5.95 Å². The van der Waals surface area contributed by atoms with E-state index < -0.39 is 11.9 Å². The molecule has 11 heteroatoms. The van der Waals surface area contributed by atoms with Gasteiger partial charge in [-0.3, -0.25) is 4.98 Å². The lowest BCUT2D eigenvalue weighted by atomic mass is 10.0. The van der Waals surface area contributed by atoms with Crippen molar-refractivity contribution in [2.45, 2.75) is 25.9 Å². The summed E-state index contributed by atoms with van der Waals surface area (Å²) in [6.45, 7) is 1.90. The molecule has 4 aromatic rings. The van der Waals surface area contributed by atoms with Crippen LogP contribution < -0.4 is 5.32 Å². The van der Waals surface area contributed by atoms with Gasteiger partial charge in [-0.1, -0.05) is 17.3 Å². The number of rotatable bonds is 6. The van der Waals surface area contributed by atoms with E-state index in [0.717, 1.165) is 34.6 Å². The first-order chi connectivity index (χ1) is 14.9. The molecule has 4 rings (SSSR count). The second-order valence-electron chi connectivity index (χ2n) is 6.84. The summed E-state index contributed by atoms with van der Waals surface area (Å²) in [5, 5.41) is 16.6. The van der Waals surface area contributed by atoms with Crippen molar-refractivity contribution in [1.29, 1.82) is 0 Å². The maximum Gasteiger partial charge on any atom is 0.433 e. The number of nitrogens with one attached hydrogen (secondary N) is 2. The molecule has 3 aromatic heterocycles. The predicted octanol–water partition coefficient (Wildman–Crippen LogP) is 3.91. The minimum absolute atomic E-state index is 0.124. The Morgan fingerprint density at radius 3 is 2.58 bits per heavy atom. The topological polar surface area (TPSA) is 105 Å². The Kier molecular flexibility index (Phi) is 5.56. The summed E-state index contributed by atoms with van der Waals surface area (Å²) in [6, 6.07) is 10.3. The van der Waals surface area contributed by atoms with Gasteiger partial charge in [-0.2, -0.15) is 18.4 Å². The quantitative estimate of drug-likeness (QED) is 0.482. The first kappa shape index (κ1) is 20.4. The lowest BCUT2D eigenvalue weighted by Crippen LogP contribution is -2.10. The van der Waals surface area contributed by atoms with Gasteiger partial charge in [-0.25, -0.2) is 9.97 Å². The van der Waals surface area contributed by atoms with Gasteiger partial charge in [0.1, 0.15) is 5.69 Å². The Labute approximate surface area is 175 Å². The Balaban J connectivity index is 1.51. The SMILES string of the molecule is Cc1cc(Nc2nccc(C(F)(F)F)n2)cc(-c2ccc(CCc3nn[nH]n3)nc2)c1. The van der Waals surface area contributed by atoms with Crippen LogP contribution in [0.4, 0.5) is 24.8 Å². The smallest absolute Gasteiger partial charge is 0.324 e. The number of hydrogen-bond donors (Lipinski definition) is 2. The molecule has 0 unspecified atom stereocenters. The lowest BCUT2D eigenvalue weighted by Gasteiger charge is -2.11. The van der Waals surface area contributed by atoms with Crippen LogP contribution in [0.1, 0.15) is 22.8 Å². The molecule has 0 saturated carbocycles. The van der Waals surface area contributed by atoms with Crippen LogP contribution in [0.15, 0.2) is 48.8 Å². The van der Waals surface area contributed by atoms with Crippen molar-refractivity contribution in [3.8, 4) is 11.1 Å². The van der Waals surface area contributed by atoms with E-state index in [2.05, 4.69) is 40.9 Å². The highest BCUT2D eigenvalue weighted by atomic mass is 19.4. The first-order valence-corrected chi connectivity index (χ1v) is 9.33. The fourth-order valence-corrected chi connectivity index (χ4v) is 3.00. The van der Waals surface area contributed by atoms with E-state index in [1.54, 1.807) is 12.3 Å². The molecule has 0 aliphatic heterocycles. The van der Waals surface area contributed by atoms with E-state index in [1.807, 2.05) is 31.2 Å². The number of nitrogens with zero attached hydrogens (tertiary/aromatic N) is 6. The number of hydrogen-bond acceptors (Lipinski definition) is 7. The van der Waals surface area contributed by atoms with Crippen molar-refractivity contribution in [2.75, 3.05) is 5.32 Å². The minimum Gasteiger partial charge on any atom is -0.324 e. The molecule has 0 amide bonds. The molecule has 0 aliphatic rings. The Bertz CT molecular complexity index is 1160. The average molecular weight is 426 g/mol. The van der Waals surface area contributed by atoms with Crippen LogP contribution in [0.2, 0.25) is 0 Å². The summed E-state index contributed by atoms with van der Waals surface area (Å²) in [4.78, 5) is 11.9. The summed E-state index contributed by atoms with van der Waals surface area (Å²) < 4.78 is 38.7. The number of aromatic nitrogens is 7. The number of benzene rings is 1. The molecule has 0 saturated heterocycles. The minimum atomic E-state index is -4.53. The highest BCUT2D eigenvalue weighted by Crippen LogP contribution is 2.29. The van der Waals surface area contributed by atoms with Crippen LogP contribution in [-0.2, 0) is 19.0 Å². The molecular weight excluding hydrogens is 409 g/mol. The van der Waals surface area contributed by atoms with Crippen LogP contribution in [0.3, 0.4) is 0 Å². The highest BCUT2D eigenvalue weighted by Gasteiger charge is 2.32. The Morgan fingerprint density at radius 2 is 1.87 bits per heavy atom. The summed E-state index contributed by atoms with van der Waals surface area (Å²) >= 11 is 0. The maximum absolute atomic E-state index is 12.9. The molecule has 158 valence electrons. The molecule has 0 radical (unpaired) electrons. The summed E-state index contributed by atoms with van der Waals surface area (Å²) in [6.07, 6.45) is -0.406. The third kappa shape index (κ3) is 5.18. The third-order valence-electron chi connectivity index (χ3n) is 4.43. The largest absolute Gasteiger partial charge is 0.433 e. The van der Waals surface area contributed by atoms with Crippen LogP contribution in [0.25, 0.3) is 11.1 Å². The second kappa shape index (κ2) is 8.46. The molecule has 2 N–H and O–H groups in total. The fourth-order valence-electron chi connectivity index (χ4n) is 3.00. The number of halogens is 3. The number of aromatic amines is 1. The third-order valence-corrected chi connectivity index (χ3v) is 4.43. The maximum atomic E-state index is 12.9. The van der Waals surface area contributed by atoms with Crippen LogP contribution in [0.5, 0.6) is 0 Å². The predicted molar refractivity (Wildman–Crippen MR) is 106 cm³/mol. The average Bonchev–Trinajstić information content (AvgIpc) is 3.25. The van der Waals surface area contributed by atoms with Crippen molar-refractivity contribution >= 4 is 11.6 Å². The molecule has 0 aliphatic carbocycles. The molecule has 8 nitrogen and oxygen atoms in total. The zero-order valence-electron chi connectivity index (χ0n) is 16.4. The van der Waals surface area contributed by atoms with Crippen LogP contribution >= 0.6 is 0 Å². The molecule has 0 bridgehead atoms. The first-order valence-electron chi connectivity index (χ1n) is 9.33. The van der Waals surface area contributed by atoms with Gasteiger partial charge in [0.25, 0.3) is 0 Å². The van der Waals surface area contributed by atoms with Gasteiger partial charge in [-0.15, -0.1) is 10.2 Å². The van der Waals surface area contributed by atoms with Gasteiger partial charge in [0.15, 0.2) is 5.82 Å². The van der Waals surface area contributed by atoms with Gasteiger partial charge >= 0.3 is 6.18 Å². The van der Waals surface area contributed by atoms with Crippen LogP contribution in [0, 0.1) is 6.92 Å². The monoisotopic (exact) mass is 426 g/mol. The van der Waals surface area contributed by atoms with Crippen molar-refractivity contribution in [2.24, 2.45) is 0 Å². The van der Waals surface area contributed by atoms with Gasteiger partial charge in [-0.05, 0) is 48.7 Å². The molecular formula is C20H17F3N8. The number of anilines is 2. The van der Waals surface area contributed by atoms with Crippen molar-refractivity contribution in [3.05, 3.63) is 71.6 Å². The van der Waals surface area contributed by atoms with Gasteiger partial charge < -0.3 is 5.32 Å². The normalized spacial score (nSPS) is 11.5. The Morgan fingerprint density at radius 1 is 1.00 bits per heavy atom. The summed E-state index contributed by atoms with van der Waals surface area (Å²) in [5.41, 5.74) is 3.13. The van der Waals surface area contributed by atoms with E-state index in [4.69, 9.17) is 0 Å². The second-order valence-corrected chi connectivity index (χ2v) is 6.84. The van der Waals surface area contributed by atoms with Gasteiger partial charge in [0.05, 0.1) is 0 Å². The van der Waals surface area contributed by atoms with Gasteiger partial charge in [0, 0.05) is 35.8 Å². The molecule has 0 fully saturated rings. The zero-order chi connectivity index (χ0) is 21.8. The highest BCUT2D eigenvalue weighted by molar-refractivity contribution is 5.70. The van der Waals surface area contributed by atoms with Crippen LogP contribution in [-0.4, -0.2) is 35.6 Å². The number of tetrazole rings is 1. The number of aryl methyl sites for hydroxylation is 3. The molecule has 0 atom stereocenters. The zero-order valence-corrected chi connectivity index (χ0v) is 16.4. The molecule has 3 heterocycles. The van der Waals surface area contributed by atoms with E-state index in [1.165, 1.54) is 0 Å². The standard InChI is InChI=1S/C20H17F3N8/c1-12-8-14(13-2-3-15(25-11-13)4-5-18-28-30-31-29-18)10-16(9-12)26-19-24-7-6-17(27-19)20(21,22)23/h2-3,6-11H,4-5H2,1H3,(H,24,26,27)(H,28,29,30,31). The number of pyridine rings is 1. The van der Waals surface area contributed by atoms with Crippen molar-refractivity contribution in [1.82, 2.24) is 35.6 Å². The Hall–Kier alpha value is -3.89. The van der Waals surface area contributed by atoms with E-state index in [0.29, 0.717) is 24.4 Å². The number of H-pyrrole nitrogens is 1. The summed E-state index contributed by atoms with van der Waals surface area (Å²) in [5.74, 6) is 0.499. The number of alkyl halides is 3. The van der Waals surface area contributed by atoms with E-state index >= 15 is 0 Å².